The van der Waals surface area contributed by atoms with Crippen LogP contribution in [0, 0.1) is 5.92 Å². The van der Waals surface area contributed by atoms with E-state index in [1.165, 1.54) is 24.2 Å². The zero-order chi connectivity index (χ0) is 9.47. The maximum atomic E-state index is 5.61. The highest BCUT2D eigenvalue weighted by atomic mass is 32.1. The number of thiazole rings is 1. The van der Waals surface area contributed by atoms with Crippen molar-refractivity contribution in [3.05, 3.63) is 6.20 Å². The molecule has 72 valence electrons. The summed E-state index contributed by atoms with van der Waals surface area (Å²) in [7, 11) is 0. The lowest BCUT2D eigenvalue weighted by Gasteiger charge is -2.25. The molecule has 1 heterocycles. The van der Waals surface area contributed by atoms with Gasteiger partial charge in [0.05, 0.1) is 6.20 Å². The van der Waals surface area contributed by atoms with Crippen molar-refractivity contribution < 1.29 is 0 Å². The maximum Gasteiger partial charge on any atom is 0.185 e. The van der Waals surface area contributed by atoms with Crippen LogP contribution in [0.15, 0.2) is 6.20 Å². The molecule has 2 rings (SSSR count). The van der Waals surface area contributed by atoms with Crippen LogP contribution in [-0.2, 0) is 0 Å². The van der Waals surface area contributed by atoms with Gasteiger partial charge in [-0.3, -0.25) is 0 Å². The van der Waals surface area contributed by atoms with Gasteiger partial charge in [0.15, 0.2) is 5.13 Å². The van der Waals surface area contributed by atoms with Crippen LogP contribution in [0.5, 0.6) is 0 Å². The number of anilines is 2. The molecule has 1 aliphatic carbocycles. The number of hydrogen-bond acceptors (Lipinski definition) is 4. The zero-order valence-corrected chi connectivity index (χ0v) is 8.82. The van der Waals surface area contributed by atoms with E-state index in [1.54, 1.807) is 6.20 Å². The van der Waals surface area contributed by atoms with Gasteiger partial charge >= 0.3 is 0 Å². The highest BCUT2D eigenvalue weighted by molar-refractivity contribution is 7.19. The standard InChI is InChI=1S/C9H15N3S/c1-9(2,6-3-4-6)12-8-11-5-7(10)13-8/h5-6H,3-4,10H2,1-2H3,(H,11,12). The Labute approximate surface area is 82.4 Å². The minimum absolute atomic E-state index is 0.171. The van der Waals surface area contributed by atoms with Crippen molar-refractivity contribution in [2.24, 2.45) is 5.92 Å². The third-order valence-corrected chi connectivity index (χ3v) is 3.29. The number of nitrogen functional groups attached to an aromatic ring is 1. The van der Waals surface area contributed by atoms with Crippen LogP contribution < -0.4 is 11.1 Å². The predicted octanol–water partition coefficient (Wildman–Crippen LogP) is 2.33. The molecule has 0 saturated heterocycles. The summed E-state index contributed by atoms with van der Waals surface area (Å²) in [5.74, 6) is 0.803. The molecular weight excluding hydrogens is 182 g/mol. The molecule has 0 unspecified atom stereocenters. The van der Waals surface area contributed by atoms with Crippen LogP contribution in [0.4, 0.5) is 10.1 Å². The van der Waals surface area contributed by atoms with E-state index in [4.69, 9.17) is 5.73 Å². The molecule has 0 atom stereocenters. The summed E-state index contributed by atoms with van der Waals surface area (Å²) < 4.78 is 0. The molecule has 1 saturated carbocycles. The number of nitrogens with zero attached hydrogens (tertiary/aromatic N) is 1. The molecule has 0 spiro atoms. The van der Waals surface area contributed by atoms with Crippen LogP contribution in [0.25, 0.3) is 0 Å². The number of aromatic nitrogens is 1. The molecular formula is C9H15N3S. The van der Waals surface area contributed by atoms with Gasteiger partial charge in [-0.25, -0.2) is 4.98 Å². The first kappa shape index (κ1) is 8.81. The second kappa shape index (κ2) is 2.87. The van der Waals surface area contributed by atoms with Gasteiger partial charge in [0, 0.05) is 5.54 Å². The van der Waals surface area contributed by atoms with Gasteiger partial charge in [-0.1, -0.05) is 11.3 Å². The van der Waals surface area contributed by atoms with Crippen LogP contribution in [0.2, 0.25) is 0 Å². The van der Waals surface area contributed by atoms with E-state index in [0.717, 1.165) is 16.1 Å². The van der Waals surface area contributed by atoms with Gasteiger partial charge in [0.1, 0.15) is 5.00 Å². The van der Waals surface area contributed by atoms with Crippen molar-refractivity contribution in [3.8, 4) is 0 Å². The van der Waals surface area contributed by atoms with E-state index >= 15 is 0 Å². The molecule has 4 heteroatoms. The largest absolute Gasteiger partial charge is 0.389 e. The van der Waals surface area contributed by atoms with Crippen molar-refractivity contribution >= 4 is 21.5 Å². The summed E-state index contributed by atoms with van der Waals surface area (Å²) in [6.45, 7) is 4.45. The Balaban J connectivity index is 2.04. The van der Waals surface area contributed by atoms with Crippen molar-refractivity contribution in [1.29, 1.82) is 0 Å². The third kappa shape index (κ3) is 1.94. The molecule has 0 aliphatic heterocycles. The Morgan fingerprint density at radius 3 is 2.77 bits per heavy atom. The minimum Gasteiger partial charge on any atom is -0.389 e. The summed E-state index contributed by atoms with van der Waals surface area (Å²) in [6, 6.07) is 0. The molecule has 1 aliphatic rings. The van der Waals surface area contributed by atoms with Gasteiger partial charge in [-0.05, 0) is 32.6 Å². The summed E-state index contributed by atoms with van der Waals surface area (Å²) in [5, 5.41) is 5.14. The van der Waals surface area contributed by atoms with Gasteiger partial charge in [0.25, 0.3) is 0 Å². The number of nitrogens with two attached hydrogens (primary N) is 1. The second-order valence-electron chi connectivity index (χ2n) is 4.19. The first-order valence-corrected chi connectivity index (χ1v) is 5.39. The fraction of sp³-hybridized carbons (Fsp3) is 0.667. The lowest BCUT2D eigenvalue weighted by molar-refractivity contribution is 0.494. The first-order chi connectivity index (χ1) is 6.08. The molecule has 1 aromatic heterocycles. The monoisotopic (exact) mass is 197 g/mol. The summed E-state index contributed by atoms with van der Waals surface area (Å²) >= 11 is 1.52. The highest BCUT2D eigenvalue weighted by Gasteiger charge is 2.38. The quantitative estimate of drug-likeness (QED) is 0.782. The molecule has 0 aromatic carbocycles. The normalized spacial score (nSPS) is 17.4. The molecule has 0 bridgehead atoms. The molecule has 0 amide bonds. The SMILES string of the molecule is CC(C)(Nc1ncc(N)s1)C1CC1. The molecule has 3 N–H and O–H groups in total. The Kier molecular flexibility index (Phi) is 1.95. The Hall–Kier alpha value is -0.770. The van der Waals surface area contributed by atoms with E-state index < -0.39 is 0 Å². The van der Waals surface area contributed by atoms with Crippen molar-refractivity contribution in [1.82, 2.24) is 4.98 Å². The zero-order valence-electron chi connectivity index (χ0n) is 8.00. The molecule has 0 radical (unpaired) electrons. The summed E-state index contributed by atoms with van der Waals surface area (Å²) in [6.07, 6.45) is 4.37. The Morgan fingerprint density at radius 1 is 1.62 bits per heavy atom. The topological polar surface area (TPSA) is 50.9 Å². The number of hydrogen-bond donors (Lipinski definition) is 2. The molecule has 3 nitrogen and oxygen atoms in total. The van der Waals surface area contributed by atoms with E-state index in [0.29, 0.717) is 0 Å². The van der Waals surface area contributed by atoms with E-state index in [9.17, 15) is 0 Å². The Morgan fingerprint density at radius 2 is 2.31 bits per heavy atom. The fourth-order valence-electron chi connectivity index (χ4n) is 1.53. The van der Waals surface area contributed by atoms with E-state index in [-0.39, 0.29) is 5.54 Å². The fourth-order valence-corrected chi connectivity index (χ4v) is 2.28. The lowest BCUT2D eigenvalue weighted by atomic mass is 9.99. The summed E-state index contributed by atoms with van der Waals surface area (Å²) in [5.41, 5.74) is 5.78. The van der Waals surface area contributed by atoms with Gasteiger partial charge < -0.3 is 11.1 Å². The van der Waals surface area contributed by atoms with Gasteiger partial charge in [0.2, 0.25) is 0 Å². The van der Waals surface area contributed by atoms with Crippen molar-refractivity contribution in [2.75, 3.05) is 11.1 Å². The Bertz CT molecular complexity index is 302. The first-order valence-electron chi connectivity index (χ1n) is 4.57. The van der Waals surface area contributed by atoms with Crippen LogP contribution in [0.1, 0.15) is 26.7 Å². The third-order valence-electron chi connectivity index (χ3n) is 2.55. The predicted molar refractivity (Wildman–Crippen MR) is 57.0 cm³/mol. The van der Waals surface area contributed by atoms with Gasteiger partial charge in [-0.15, -0.1) is 0 Å². The lowest BCUT2D eigenvalue weighted by Crippen LogP contribution is -2.33. The smallest absolute Gasteiger partial charge is 0.185 e. The van der Waals surface area contributed by atoms with Crippen LogP contribution >= 0.6 is 11.3 Å². The molecule has 1 aromatic rings. The van der Waals surface area contributed by atoms with Crippen molar-refractivity contribution in [3.63, 3.8) is 0 Å². The van der Waals surface area contributed by atoms with Crippen molar-refractivity contribution in [2.45, 2.75) is 32.2 Å². The average Bonchev–Trinajstić information content (AvgIpc) is 2.78. The average molecular weight is 197 g/mol. The maximum absolute atomic E-state index is 5.61. The molecule has 1 fully saturated rings. The van der Waals surface area contributed by atoms with Gasteiger partial charge in [-0.2, -0.15) is 0 Å². The summed E-state index contributed by atoms with van der Waals surface area (Å²) in [4.78, 5) is 4.19. The van der Waals surface area contributed by atoms with Crippen LogP contribution in [0.3, 0.4) is 0 Å². The number of nitrogens with one attached hydrogen (secondary N) is 1. The second-order valence-corrected chi connectivity index (χ2v) is 5.25. The van der Waals surface area contributed by atoms with E-state index in [2.05, 4.69) is 24.1 Å². The van der Waals surface area contributed by atoms with Crippen LogP contribution in [-0.4, -0.2) is 10.5 Å². The number of rotatable bonds is 3. The van der Waals surface area contributed by atoms with E-state index in [1.807, 2.05) is 0 Å². The molecule has 13 heavy (non-hydrogen) atoms. The minimum atomic E-state index is 0.171. The highest BCUT2D eigenvalue weighted by Crippen LogP contribution is 2.41.